The molecule has 1 saturated heterocycles. The molecule has 3 heterocycles. The lowest BCUT2D eigenvalue weighted by molar-refractivity contribution is 0.186. The highest BCUT2D eigenvalue weighted by molar-refractivity contribution is 7.17. The molecule has 3 aromatic rings. The Morgan fingerprint density at radius 2 is 1.89 bits per heavy atom. The monoisotopic (exact) mass is 402 g/mol. The maximum Gasteiger partial charge on any atom is 0.230 e. The molecule has 8 heteroatoms. The van der Waals surface area contributed by atoms with Crippen molar-refractivity contribution in [3.63, 3.8) is 0 Å². The number of methoxy groups -OCH3 is 2. The molecule has 1 aliphatic heterocycles. The number of rotatable bonds is 6. The van der Waals surface area contributed by atoms with Gasteiger partial charge in [-0.2, -0.15) is 4.52 Å². The minimum atomic E-state index is -0.0707. The van der Waals surface area contributed by atoms with Crippen LogP contribution in [-0.4, -0.2) is 51.9 Å². The van der Waals surface area contributed by atoms with Gasteiger partial charge in [0.05, 0.1) is 25.1 Å². The van der Waals surface area contributed by atoms with Gasteiger partial charge in [0.1, 0.15) is 0 Å². The molecule has 0 saturated carbocycles. The Balaban J connectivity index is 1.82. The van der Waals surface area contributed by atoms with Gasteiger partial charge in [-0.15, -0.1) is 5.10 Å². The zero-order chi connectivity index (χ0) is 19.7. The lowest BCUT2D eigenvalue weighted by Crippen LogP contribution is -2.34. The van der Waals surface area contributed by atoms with Crippen molar-refractivity contribution >= 4 is 16.3 Å². The summed E-state index contributed by atoms with van der Waals surface area (Å²) in [5.74, 6) is 2.31. The smallest absolute Gasteiger partial charge is 0.230 e. The minimum Gasteiger partial charge on any atom is -0.493 e. The van der Waals surface area contributed by atoms with E-state index in [0.29, 0.717) is 11.5 Å². The molecule has 0 bridgehead atoms. The van der Waals surface area contributed by atoms with E-state index in [2.05, 4.69) is 15.0 Å². The molecule has 1 atom stereocenters. The predicted molar refractivity (Wildman–Crippen MR) is 109 cm³/mol. The highest BCUT2D eigenvalue weighted by Crippen LogP contribution is 2.42. The number of likely N-dealkylation sites (tertiary alicyclic amines) is 1. The van der Waals surface area contributed by atoms with Gasteiger partial charge in [-0.25, -0.2) is 4.98 Å². The van der Waals surface area contributed by atoms with E-state index in [4.69, 9.17) is 9.47 Å². The highest BCUT2D eigenvalue weighted by atomic mass is 32.1. The number of thiazole rings is 1. The number of aromatic hydroxyl groups is 1. The second-order valence-electron chi connectivity index (χ2n) is 6.98. The average molecular weight is 403 g/mol. The fraction of sp³-hybridized carbons (Fsp3) is 0.500. The zero-order valence-corrected chi connectivity index (χ0v) is 17.3. The fourth-order valence-corrected chi connectivity index (χ4v) is 4.98. The van der Waals surface area contributed by atoms with Crippen LogP contribution in [-0.2, 0) is 6.42 Å². The summed E-state index contributed by atoms with van der Waals surface area (Å²) in [6.45, 7) is 4.00. The number of nitrogens with zero attached hydrogens (tertiary/aromatic N) is 4. The molecule has 0 radical (unpaired) electrons. The lowest BCUT2D eigenvalue weighted by atomic mass is 10.00. The molecular weight excluding hydrogens is 376 g/mol. The van der Waals surface area contributed by atoms with Crippen LogP contribution >= 0.6 is 11.3 Å². The number of hydrogen-bond donors (Lipinski definition) is 1. The second kappa shape index (κ2) is 7.97. The van der Waals surface area contributed by atoms with Crippen molar-refractivity contribution in [2.75, 3.05) is 27.3 Å². The normalized spacial score (nSPS) is 16.4. The number of hydrogen-bond acceptors (Lipinski definition) is 7. The summed E-state index contributed by atoms with van der Waals surface area (Å²) in [7, 11) is 3.28. The number of ether oxygens (including phenoxy) is 2. The van der Waals surface area contributed by atoms with Crippen molar-refractivity contribution in [3.05, 3.63) is 34.5 Å². The Morgan fingerprint density at radius 3 is 2.54 bits per heavy atom. The molecule has 0 aliphatic carbocycles. The van der Waals surface area contributed by atoms with Crippen LogP contribution in [0.5, 0.6) is 17.4 Å². The van der Waals surface area contributed by atoms with Gasteiger partial charge in [-0.05, 0) is 43.6 Å². The second-order valence-corrected chi connectivity index (χ2v) is 7.99. The van der Waals surface area contributed by atoms with Crippen LogP contribution in [0.4, 0.5) is 0 Å². The summed E-state index contributed by atoms with van der Waals surface area (Å²) in [6, 6.07) is 5.91. The summed E-state index contributed by atoms with van der Waals surface area (Å²) in [4.78, 5) is 8.57. The first-order chi connectivity index (χ1) is 13.7. The van der Waals surface area contributed by atoms with Gasteiger partial charge >= 0.3 is 0 Å². The molecule has 0 amide bonds. The van der Waals surface area contributed by atoms with Gasteiger partial charge in [0.15, 0.2) is 17.3 Å². The largest absolute Gasteiger partial charge is 0.493 e. The Hall–Kier alpha value is -2.32. The van der Waals surface area contributed by atoms with E-state index in [0.717, 1.165) is 53.6 Å². The number of benzene rings is 1. The predicted octanol–water partition coefficient (Wildman–Crippen LogP) is 3.65. The first kappa shape index (κ1) is 19.0. The SMILES string of the molecule is CCc1nc2sc(C(c3ccc(OC)c(OC)c3)N3CCCCC3)c(O)n2n1. The number of piperidine rings is 1. The summed E-state index contributed by atoms with van der Waals surface area (Å²) in [5.41, 5.74) is 1.06. The van der Waals surface area contributed by atoms with E-state index < -0.39 is 0 Å². The third-order valence-electron chi connectivity index (χ3n) is 5.29. The molecule has 1 N–H and O–H groups in total. The van der Waals surface area contributed by atoms with Crippen LogP contribution in [0.3, 0.4) is 0 Å². The third kappa shape index (κ3) is 3.31. The van der Waals surface area contributed by atoms with Gasteiger partial charge in [0, 0.05) is 6.42 Å². The Morgan fingerprint density at radius 1 is 1.14 bits per heavy atom. The molecule has 2 aromatic heterocycles. The Labute approximate surface area is 168 Å². The molecule has 1 aliphatic rings. The maximum absolute atomic E-state index is 11.0. The third-order valence-corrected chi connectivity index (χ3v) is 6.36. The van der Waals surface area contributed by atoms with Crippen molar-refractivity contribution in [3.8, 4) is 17.4 Å². The molecule has 1 unspecified atom stereocenters. The summed E-state index contributed by atoms with van der Waals surface area (Å²) >= 11 is 1.51. The van der Waals surface area contributed by atoms with E-state index in [1.165, 1.54) is 17.8 Å². The van der Waals surface area contributed by atoms with Crippen molar-refractivity contribution in [1.82, 2.24) is 19.5 Å². The van der Waals surface area contributed by atoms with E-state index >= 15 is 0 Å². The molecule has 7 nitrogen and oxygen atoms in total. The van der Waals surface area contributed by atoms with Crippen LogP contribution < -0.4 is 9.47 Å². The van der Waals surface area contributed by atoms with Crippen LogP contribution in [0, 0.1) is 0 Å². The van der Waals surface area contributed by atoms with Crippen molar-refractivity contribution in [2.45, 2.75) is 38.6 Å². The first-order valence-electron chi connectivity index (χ1n) is 9.69. The molecule has 150 valence electrons. The molecule has 1 fully saturated rings. The molecule has 1 aromatic carbocycles. The first-order valence-corrected chi connectivity index (χ1v) is 10.5. The Kier molecular flexibility index (Phi) is 5.41. The molecule has 4 rings (SSSR count). The van der Waals surface area contributed by atoms with E-state index in [1.807, 2.05) is 25.1 Å². The average Bonchev–Trinajstić information content (AvgIpc) is 3.28. The minimum absolute atomic E-state index is 0.0707. The van der Waals surface area contributed by atoms with Gasteiger partial charge in [-0.3, -0.25) is 4.90 Å². The maximum atomic E-state index is 11.0. The summed E-state index contributed by atoms with van der Waals surface area (Å²) in [6.07, 6.45) is 4.31. The van der Waals surface area contributed by atoms with E-state index in [-0.39, 0.29) is 11.9 Å². The van der Waals surface area contributed by atoms with Crippen LogP contribution in [0.15, 0.2) is 18.2 Å². The number of aryl methyl sites for hydroxylation is 1. The van der Waals surface area contributed by atoms with Gasteiger partial charge in [0.25, 0.3) is 0 Å². The van der Waals surface area contributed by atoms with Crippen molar-refractivity contribution in [1.29, 1.82) is 0 Å². The molecule has 0 spiro atoms. The van der Waals surface area contributed by atoms with Gasteiger partial charge in [0.2, 0.25) is 10.8 Å². The van der Waals surface area contributed by atoms with Gasteiger partial charge < -0.3 is 14.6 Å². The van der Waals surface area contributed by atoms with Crippen LogP contribution in [0.1, 0.15) is 48.5 Å². The van der Waals surface area contributed by atoms with Crippen molar-refractivity contribution in [2.24, 2.45) is 0 Å². The summed E-state index contributed by atoms with van der Waals surface area (Å²) in [5, 5.41) is 15.4. The Bertz CT molecular complexity index is 962. The summed E-state index contributed by atoms with van der Waals surface area (Å²) < 4.78 is 12.5. The van der Waals surface area contributed by atoms with Crippen LogP contribution in [0.25, 0.3) is 4.96 Å². The zero-order valence-electron chi connectivity index (χ0n) is 16.5. The topological polar surface area (TPSA) is 72.1 Å². The van der Waals surface area contributed by atoms with E-state index in [1.54, 1.807) is 18.7 Å². The molecular formula is C20H26N4O3S. The molecule has 28 heavy (non-hydrogen) atoms. The highest BCUT2D eigenvalue weighted by Gasteiger charge is 2.31. The lowest BCUT2D eigenvalue weighted by Gasteiger charge is -2.34. The standard InChI is InChI=1S/C20H26N4O3S/c1-4-16-21-20-24(22-16)19(25)18(28-20)17(23-10-6-5-7-11-23)13-8-9-14(26-2)15(12-13)27-3/h8-9,12,17,25H,4-7,10-11H2,1-3H3. The van der Waals surface area contributed by atoms with Gasteiger partial charge in [-0.1, -0.05) is 30.7 Å². The van der Waals surface area contributed by atoms with Crippen molar-refractivity contribution < 1.29 is 14.6 Å². The number of aromatic nitrogens is 3. The fourth-order valence-electron chi connectivity index (χ4n) is 3.85. The van der Waals surface area contributed by atoms with E-state index in [9.17, 15) is 5.11 Å². The quantitative estimate of drug-likeness (QED) is 0.679. The van der Waals surface area contributed by atoms with Crippen LogP contribution in [0.2, 0.25) is 0 Å². The number of fused-ring (bicyclic) bond motifs is 1.